The predicted molar refractivity (Wildman–Crippen MR) is 117 cm³/mol. The molecule has 1 fully saturated rings. The lowest BCUT2D eigenvalue weighted by Gasteiger charge is -2.29. The average molecular weight is 389 g/mol. The van der Waals surface area contributed by atoms with Gasteiger partial charge in [0.05, 0.1) is 11.3 Å². The fraction of sp³-hybridized carbons (Fsp3) is 0.360. The molecule has 29 heavy (non-hydrogen) atoms. The number of nitrogens with zero attached hydrogens (tertiary/aromatic N) is 2. The Kier molecular flexibility index (Phi) is 5.03. The Morgan fingerprint density at radius 3 is 1.93 bits per heavy atom. The van der Waals surface area contributed by atoms with E-state index in [4.69, 9.17) is 0 Å². The molecular formula is C25H28N2O2. The fourth-order valence-electron chi connectivity index (χ4n) is 4.19. The first-order chi connectivity index (χ1) is 13.9. The van der Waals surface area contributed by atoms with Gasteiger partial charge in [-0.15, -0.1) is 0 Å². The van der Waals surface area contributed by atoms with Gasteiger partial charge in [0, 0.05) is 13.1 Å². The molecule has 4 nitrogen and oxygen atoms in total. The molecule has 2 aromatic carbocycles. The van der Waals surface area contributed by atoms with Gasteiger partial charge in [0.2, 0.25) is 0 Å². The molecule has 0 saturated carbocycles. The van der Waals surface area contributed by atoms with E-state index in [-0.39, 0.29) is 11.8 Å². The summed E-state index contributed by atoms with van der Waals surface area (Å²) < 4.78 is 0. The second kappa shape index (κ2) is 7.51. The summed E-state index contributed by atoms with van der Waals surface area (Å²) in [6.45, 7) is 9.79. The number of rotatable bonds is 3. The number of benzene rings is 2. The molecule has 0 radical (unpaired) electrons. The van der Waals surface area contributed by atoms with Crippen molar-refractivity contribution in [3.05, 3.63) is 69.9 Å². The summed E-state index contributed by atoms with van der Waals surface area (Å²) in [5.41, 5.74) is 7.10. The van der Waals surface area contributed by atoms with Gasteiger partial charge in [0.25, 0.3) is 11.8 Å². The molecule has 0 atom stereocenters. The van der Waals surface area contributed by atoms with Gasteiger partial charge in [-0.05, 0) is 86.9 Å². The molecule has 0 spiro atoms. The van der Waals surface area contributed by atoms with E-state index >= 15 is 0 Å². The molecule has 0 bridgehead atoms. The minimum absolute atomic E-state index is 0.201. The van der Waals surface area contributed by atoms with E-state index in [0.29, 0.717) is 17.0 Å². The van der Waals surface area contributed by atoms with Crippen molar-refractivity contribution >= 4 is 23.1 Å². The molecule has 2 aliphatic rings. The maximum atomic E-state index is 13.6. The normalized spacial score (nSPS) is 17.5. The van der Waals surface area contributed by atoms with Crippen LogP contribution in [0.4, 0.5) is 5.69 Å². The zero-order valence-electron chi connectivity index (χ0n) is 17.7. The Labute approximate surface area is 172 Å². The summed E-state index contributed by atoms with van der Waals surface area (Å²) in [5.74, 6) is -0.421. The number of anilines is 1. The van der Waals surface area contributed by atoms with Crippen molar-refractivity contribution < 1.29 is 9.59 Å². The topological polar surface area (TPSA) is 40.6 Å². The molecule has 2 aromatic rings. The predicted octanol–water partition coefficient (Wildman–Crippen LogP) is 4.69. The minimum Gasteiger partial charge on any atom is -0.366 e. The average Bonchev–Trinajstić information content (AvgIpc) is 2.97. The molecular weight excluding hydrogens is 360 g/mol. The third-order valence-electron chi connectivity index (χ3n) is 6.28. The van der Waals surface area contributed by atoms with Crippen molar-refractivity contribution in [2.24, 2.45) is 0 Å². The molecule has 0 N–H and O–H groups in total. The van der Waals surface area contributed by atoms with E-state index in [0.717, 1.165) is 48.2 Å². The second-order valence-electron chi connectivity index (χ2n) is 8.28. The second-order valence-corrected chi connectivity index (χ2v) is 8.28. The Balaban J connectivity index is 1.85. The molecule has 0 unspecified atom stereocenters. The van der Waals surface area contributed by atoms with Crippen LogP contribution in [0.5, 0.6) is 0 Å². The Hall–Kier alpha value is -2.88. The first-order valence-corrected chi connectivity index (χ1v) is 10.4. The summed E-state index contributed by atoms with van der Waals surface area (Å²) in [7, 11) is 0. The van der Waals surface area contributed by atoms with Gasteiger partial charge in [-0.2, -0.15) is 0 Å². The number of hydrogen-bond donors (Lipinski definition) is 0. The maximum Gasteiger partial charge on any atom is 0.282 e. The highest BCUT2D eigenvalue weighted by atomic mass is 16.2. The van der Waals surface area contributed by atoms with Crippen LogP contribution in [0.15, 0.2) is 42.1 Å². The van der Waals surface area contributed by atoms with Gasteiger partial charge in [-0.1, -0.05) is 24.3 Å². The lowest BCUT2D eigenvalue weighted by atomic mass is 9.98. The van der Waals surface area contributed by atoms with Gasteiger partial charge in [-0.3, -0.25) is 9.59 Å². The molecule has 2 amide bonds. The van der Waals surface area contributed by atoms with E-state index in [1.54, 1.807) is 0 Å². The quantitative estimate of drug-likeness (QED) is 0.716. The Morgan fingerprint density at radius 2 is 1.31 bits per heavy atom. The number of carbonyl (C=O) groups is 2. The van der Waals surface area contributed by atoms with E-state index in [9.17, 15) is 9.59 Å². The summed E-state index contributed by atoms with van der Waals surface area (Å²) >= 11 is 0. The highest BCUT2D eigenvalue weighted by Gasteiger charge is 2.42. The van der Waals surface area contributed by atoms with Gasteiger partial charge in [0.1, 0.15) is 5.70 Å². The molecule has 2 aliphatic heterocycles. The summed E-state index contributed by atoms with van der Waals surface area (Å²) in [6.07, 6.45) is 3.27. The third kappa shape index (κ3) is 3.37. The van der Waals surface area contributed by atoms with Crippen molar-refractivity contribution in [3.63, 3.8) is 0 Å². The van der Waals surface area contributed by atoms with Crippen molar-refractivity contribution in [1.29, 1.82) is 0 Å². The number of likely N-dealkylation sites (tertiary alicyclic amines) is 1. The van der Waals surface area contributed by atoms with Crippen LogP contribution in [-0.4, -0.2) is 29.8 Å². The molecule has 0 aliphatic carbocycles. The Bertz CT molecular complexity index is 1030. The molecule has 4 rings (SSSR count). The van der Waals surface area contributed by atoms with Gasteiger partial charge in [-0.25, -0.2) is 4.90 Å². The van der Waals surface area contributed by atoms with Gasteiger partial charge in [0.15, 0.2) is 0 Å². The van der Waals surface area contributed by atoms with Crippen LogP contribution >= 0.6 is 0 Å². The summed E-state index contributed by atoms with van der Waals surface area (Å²) in [5, 5.41) is 0. The van der Waals surface area contributed by atoms with Crippen LogP contribution in [0, 0.1) is 27.7 Å². The van der Waals surface area contributed by atoms with Crippen molar-refractivity contribution in [2.75, 3.05) is 18.0 Å². The van der Waals surface area contributed by atoms with E-state index in [1.807, 2.05) is 57.2 Å². The van der Waals surface area contributed by atoms with Crippen molar-refractivity contribution in [3.8, 4) is 0 Å². The standard InChI is InChI=1S/C25H28N2O2/c1-16-8-10-20(14-18(16)3)22-23(26-12-6-5-7-13-26)25(29)27(24(22)28)21-11-9-17(2)19(4)15-21/h8-11,14-15H,5-7,12-13H2,1-4H3. The van der Waals surface area contributed by atoms with E-state index < -0.39 is 0 Å². The molecule has 0 aromatic heterocycles. The van der Waals surface area contributed by atoms with Gasteiger partial charge >= 0.3 is 0 Å². The zero-order chi connectivity index (χ0) is 20.7. The third-order valence-corrected chi connectivity index (χ3v) is 6.28. The van der Waals surface area contributed by atoms with Crippen molar-refractivity contribution in [1.82, 2.24) is 4.90 Å². The van der Waals surface area contributed by atoms with Crippen LogP contribution in [0.3, 0.4) is 0 Å². The molecule has 4 heteroatoms. The lowest BCUT2D eigenvalue weighted by Crippen LogP contribution is -2.37. The minimum atomic E-state index is -0.220. The van der Waals surface area contributed by atoms with Crippen LogP contribution in [-0.2, 0) is 9.59 Å². The van der Waals surface area contributed by atoms with Crippen LogP contribution in [0.1, 0.15) is 47.1 Å². The number of hydrogen-bond acceptors (Lipinski definition) is 3. The van der Waals surface area contributed by atoms with Gasteiger partial charge < -0.3 is 4.90 Å². The zero-order valence-corrected chi connectivity index (χ0v) is 17.7. The number of imide groups is 1. The monoisotopic (exact) mass is 388 g/mol. The van der Waals surface area contributed by atoms with E-state index in [1.165, 1.54) is 16.9 Å². The molecule has 2 heterocycles. The number of aryl methyl sites for hydroxylation is 4. The smallest absolute Gasteiger partial charge is 0.282 e. The fourth-order valence-corrected chi connectivity index (χ4v) is 4.19. The number of carbonyl (C=O) groups excluding carboxylic acids is 2. The van der Waals surface area contributed by atoms with Crippen LogP contribution in [0.2, 0.25) is 0 Å². The highest BCUT2D eigenvalue weighted by Crippen LogP contribution is 2.36. The Morgan fingerprint density at radius 1 is 0.690 bits per heavy atom. The van der Waals surface area contributed by atoms with E-state index in [2.05, 4.69) is 11.8 Å². The van der Waals surface area contributed by atoms with Crippen molar-refractivity contribution in [2.45, 2.75) is 47.0 Å². The SMILES string of the molecule is Cc1ccc(C2=C(N3CCCCC3)C(=O)N(c3ccc(C)c(C)c3)C2=O)cc1C. The van der Waals surface area contributed by atoms with Crippen LogP contribution in [0.25, 0.3) is 5.57 Å². The first-order valence-electron chi connectivity index (χ1n) is 10.4. The molecule has 1 saturated heterocycles. The summed E-state index contributed by atoms with van der Waals surface area (Å²) in [4.78, 5) is 30.6. The summed E-state index contributed by atoms with van der Waals surface area (Å²) in [6, 6.07) is 11.8. The number of piperidine rings is 1. The lowest BCUT2D eigenvalue weighted by molar-refractivity contribution is -0.120. The number of amides is 2. The van der Waals surface area contributed by atoms with Crippen LogP contribution < -0.4 is 4.90 Å². The maximum absolute atomic E-state index is 13.6. The molecule has 150 valence electrons. The largest absolute Gasteiger partial charge is 0.366 e. The highest BCUT2D eigenvalue weighted by molar-refractivity contribution is 6.45. The first kappa shape index (κ1) is 19.4.